The van der Waals surface area contributed by atoms with Gasteiger partial charge in [0.15, 0.2) is 0 Å². The zero-order valence-electron chi connectivity index (χ0n) is 12.9. The van der Waals surface area contributed by atoms with Crippen molar-refractivity contribution in [2.24, 2.45) is 0 Å². The summed E-state index contributed by atoms with van der Waals surface area (Å²) < 4.78 is 13.1. The minimum absolute atomic E-state index is 0.258. The third kappa shape index (κ3) is 4.17. The Kier molecular flexibility index (Phi) is 4.82. The highest BCUT2D eigenvalue weighted by Crippen LogP contribution is 2.21. The largest absolute Gasteiger partial charge is 0.323 e. The third-order valence-corrected chi connectivity index (χ3v) is 3.54. The highest BCUT2D eigenvalue weighted by Gasteiger charge is 2.00. The number of anilines is 1. The first-order valence-corrected chi connectivity index (χ1v) is 7.61. The van der Waals surface area contributed by atoms with Crippen LogP contribution in [0.2, 0.25) is 0 Å². The van der Waals surface area contributed by atoms with Gasteiger partial charge in [-0.1, -0.05) is 54.6 Å². The van der Waals surface area contributed by atoms with Crippen molar-refractivity contribution >= 4 is 17.7 Å². The summed E-state index contributed by atoms with van der Waals surface area (Å²) in [7, 11) is 0. The van der Waals surface area contributed by atoms with Crippen LogP contribution in [0.15, 0.2) is 84.9 Å². The number of carbonyl (C=O) groups excluding carboxylic acids is 1. The van der Waals surface area contributed by atoms with Crippen LogP contribution in [0.3, 0.4) is 0 Å². The Morgan fingerprint density at radius 1 is 0.833 bits per heavy atom. The van der Waals surface area contributed by atoms with Gasteiger partial charge in [-0.15, -0.1) is 0 Å². The second kappa shape index (κ2) is 7.38. The van der Waals surface area contributed by atoms with E-state index in [0.29, 0.717) is 11.3 Å². The second-order valence-electron chi connectivity index (χ2n) is 5.32. The summed E-state index contributed by atoms with van der Waals surface area (Å²) in [6, 6.07) is 23.7. The first-order valence-electron chi connectivity index (χ1n) is 7.61. The quantitative estimate of drug-likeness (QED) is 0.663. The van der Waals surface area contributed by atoms with E-state index in [0.717, 1.165) is 11.1 Å². The van der Waals surface area contributed by atoms with Crippen LogP contribution in [-0.4, -0.2) is 5.91 Å². The summed E-state index contributed by atoms with van der Waals surface area (Å²) in [6.07, 6.45) is 2.97. The predicted octanol–water partition coefficient (Wildman–Crippen LogP) is 5.14. The Hall–Kier alpha value is -3.20. The molecule has 2 nitrogen and oxygen atoms in total. The molecule has 0 heterocycles. The highest BCUT2D eigenvalue weighted by molar-refractivity contribution is 6.02. The van der Waals surface area contributed by atoms with Gasteiger partial charge in [0.2, 0.25) is 5.91 Å². The first-order chi connectivity index (χ1) is 11.7. The van der Waals surface area contributed by atoms with Gasteiger partial charge < -0.3 is 5.32 Å². The number of rotatable bonds is 4. The van der Waals surface area contributed by atoms with E-state index >= 15 is 0 Å². The van der Waals surface area contributed by atoms with E-state index in [1.54, 1.807) is 18.2 Å². The average molecular weight is 317 g/mol. The molecular weight excluding hydrogens is 301 g/mol. The monoisotopic (exact) mass is 317 g/mol. The summed E-state index contributed by atoms with van der Waals surface area (Å²) in [6.45, 7) is 0. The van der Waals surface area contributed by atoms with Crippen LogP contribution in [0.25, 0.3) is 17.2 Å². The normalized spacial score (nSPS) is 10.7. The van der Waals surface area contributed by atoms with Gasteiger partial charge in [-0.25, -0.2) is 4.39 Å². The van der Waals surface area contributed by atoms with Gasteiger partial charge in [-0.3, -0.25) is 4.79 Å². The van der Waals surface area contributed by atoms with Crippen molar-refractivity contribution in [3.05, 3.63) is 96.3 Å². The molecule has 0 unspecified atom stereocenters. The van der Waals surface area contributed by atoms with Gasteiger partial charge in [0.05, 0.1) is 0 Å². The standard InChI is InChI=1S/C21H16FNO/c22-19-8-4-5-16(15-19)9-14-21(24)23-20-12-10-18(11-13-20)17-6-2-1-3-7-17/h1-15H,(H,23,24)/b14-9+. The molecule has 1 N–H and O–H groups in total. The molecular formula is C21H16FNO. The molecule has 0 fully saturated rings. The molecule has 0 bridgehead atoms. The van der Waals surface area contributed by atoms with Crippen LogP contribution in [-0.2, 0) is 4.79 Å². The average Bonchev–Trinajstić information content (AvgIpc) is 2.61. The second-order valence-corrected chi connectivity index (χ2v) is 5.32. The van der Waals surface area contributed by atoms with Crippen LogP contribution in [0, 0.1) is 5.82 Å². The fraction of sp³-hybridized carbons (Fsp3) is 0. The number of hydrogen-bond acceptors (Lipinski definition) is 1. The van der Waals surface area contributed by atoms with E-state index in [-0.39, 0.29) is 11.7 Å². The number of hydrogen-bond donors (Lipinski definition) is 1. The maximum atomic E-state index is 13.1. The molecule has 0 spiro atoms. The summed E-state index contributed by atoms with van der Waals surface area (Å²) in [4.78, 5) is 11.9. The Bertz CT molecular complexity index is 855. The Morgan fingerprint density at radius 2 is 1.54 bits per heavy atom. The zero-order valence-corrected chi connectivity index (χ0v) is 12.9. The van der Waals surface area contributed by atoms with Gasteiger partial charge in [-0.2, -0.15) is 0 Å². The summed E-state index contributed by atoms with van der Waals surface area (Å²) >= 11 is 0. The molecule has 0 aliphatic rings. The van der Waals surface area contributed by atoms with Gasteiger partial charge in [-0.05, 0) is 47.0 Å². The topological polar surface area (TPSA) is 29.1 Å². The molecule has 3 heteroatoms. The van der Waals surface area contributed by atoms with Gasteiger partial charge in [0.25, 0.3) is 0 Å². The third-order valence-electron chi connectivity index (χ3n) is 3.54. The lowest BCUT2D eigenvalue weighted by molar-refractivity contribution is -0.111. The molecule has 0 atom stereocenters. The molecule has 24 heavy (non-hydrogen) atoms. The van der Waals surface area contributed by atoms with Crippen molar-refractivity contribution < 1.29 is 9.18 Å². The summed E-state index contributed by atoms with van der Waals surface area (Å²) in [5, 5.41) is 2.79. The van der Waals surface area contributed by atoms with E-state index < -0.39 is 0 Å². The number of nitrogens with one attached hydrogen (secondary N) is 1. The molecule has 0 saturated carbocycles. The molecule has 0 radical (unpaired) electrons. The Labute approximate surface area is 140 Å². The molecule has 1 amide bonds. The number of carbonyl (C=O) groups is 1. The van der Waals surface area contributed by atoms with Crippen molar-refractivity contribution in [3.8, 4) is 11.1 Å². The molecule has 0 saturated heterocycles. The van der Waals surface area contributed by atoms with Crippen LogP contribution < -0.4 is 5.32 Å². The van der Waals surface area contributed by atoms with E-state index in [9.17, 15) is 9.18 Å². The van der Waals surface area contributed by atoms with Crippen molar-refractivity contribution in [1.29, 1.82) is 0 Å². The Balaban J connectivity index is 1.64. The lowest BCUT2D eigenvalue weighted by Crippen LogP contribution is -2.07. The lowest BCUT2D eigenvalue weighted by Gasteiger charge is -2.05. The van der Waals surface area contributed by atoms with E-state index in [1.807, 2.05) is 54.6 Å². The molecule has 3 aromatic carbocycles. The Morgan fingerprint density at radius 3 is 2.25 bits per heavy atom. The van der Waals surface area contributed by atoms with E-state index in [4.69, 9.17) is 0 Å². The van der Waals surface area contributed by atoms with Crippen LogP contribution in [0.1, 0.15) is 5.56 Å². The van der Waals surface area contributed by atoms with Crippen LogP contribution in [0.4, 0.5) is 10.1 Å². The molecule has 118 valence electrons. The first kappa shape index (κ1) is 15.7. The van der Waals surface area contributed by atoms with Gasteiger partial charge in [0, 0.05) is 11.8 Å². The fourth-order valence-corrected chi connectivity index (χ4v) is 2.34. The van der Waals surface area contributed by atoms with Crippen molar-refractivity contribution in [1.82, 2.24) is 0 Å². The molecule has 0 aliphatic carbocycles. The maximum absolute atomic E-state index is 13.1. The van der Waals surface area contributed by atoms with Gasteiger partial charge in [0.1, 0.15) is 5.82 Å². The molecule has 0 aromatic heterocycles. The highest BCUT2D eigenvalue weighted by atomic mass is 19.1. The minimum atomic E-state index is -0.325. The van der Waals surface area contributed by atoms with Crippen LogP contribution >= 0.6 is 0 Å². The SMILES string of the molecule is O=C(/C=C/c1cccc(F)c1)Nc1ccc(-c2ccccc2)cc1. The summed E-state index contributed by atoms with van der Waals surface area (Å²) in [5.74, 6) is -0.583. The number of halogens is 1. The number of benzene rings is 3. The molecule has 3 aromatic rings. The predicted molar refractivity (Wildman–Crippen MR) is 95.9 cm³/mol. The maximum Gasteiger partial charge on any atom is 0.248 e. The molecule has 3 rings (SSSR count). The fourth-order valence-electron chi connectivity index (χ4n) is 2.34. The van der Waals surface area contributed by atoms with Gasteiger partial charge >= 0.3 is 0 Å². The van der Waals surface area contributed by atoms with E-state index in [2.05, 4.69) is 5.32 Å². The minimum Gasteiger partial charge on any atom is -0.323 e. The lowest BCUT2D eigenvalue weighted by atomic mass is 10.1. The molecule has 0 aliphatic heterocycles. The van der Waals surface area contributed by atoms with E-state index in [1.165, 1.54) is 18.2 Å². The smallest absolute Gasteiger partial charge is 0.248 e. The zero-order chi connectivity index (χ0) is 16.8. The van der Waals surface area contributed by atoms with Crippen molar-refractivity contribution in [2.45, 2.75) is 0 Å². The number of amides is 1. The summed E-state index contributed by atoms with van der Waals surface area (Å²) in [5.41, 5.74) is 3.57. The van der Waals surface area contributed by atoms with Crippen molar-refractivity contribution in [3.63, 3.8) is 0 Å². The van der Waals surface area contributed by atoms with Crippen molar-refractivity contribution in [2.75, 3.05) is 5.32 Å². The van der Waals surface area contributed by atoms with Crippen LogP contribution in [0.5, 0.6) is 0 Å².